The molecule has 0 fully saturated rings. The van der Waals surface area contributed by atoms with E-state index < -0.39 is 0 Å². The Morgan fingerprint density at radius 2 is 1.67 bits per heavy atom. The molecule has 1 aromatic carbocycles. The number of nitrogens with two attached hydrogens (primary N) is 1. The Kier molecular flexibility index (Phi) is 12.7. The number of nitrogen functional groups attached to an aromatic ring is 1. The van der Waals surface area contributed by atoms with E-state index in [0.717, 1.165) is 10.2 Å². The van der Waals surface area contributed by atoms with E-state index in [9.17, 15) is 4.79 Å². The normalized spacial score (nSPS) is 9.15. The second-order valence-corrected chi connectivity index (χ2v) is 5.41. The number of anilines is 1. The minimum atomic E-state index is -0.244. The van der Waals surface area contributed by atoms with Gasteiger partial charge in [0.05, 0.1) is 12.1 Å². The van der Waals surface area contributed by atoms with Crippen molar-refractivity contribution in [2.45, 2.75) is 48.1 Å². The van der Waals surface area contributed by atoms with Crippen LogP contribution in [0.4, 0.5) is 5.95 Å². The minimum absolute atomic E-state index is 0.122. The van der Waals surface area contributed by atoms with Gasteiger partial charge in [-0.25, -0.2) is 4.98 Å². The van der Waals surface area contributed by atoms with Gasteiger partial charge in [0, 0.05) is 10.7 Å². The van der Waals surface area contributed by atoms with Crippen LogP contribution in [0.3, 0.4) is 0 Å². The molecule has 3 N–H and O–H groups in total. The van der Waals surface area contributed by atoms with E-state index in [1.165, 1.54) is 0 Å². The number of rotatable bonds is 4. The maximum absolute atomic E-state index is 11.9. The van der Waals surface area contributed by atoms with E-state index in [1.54, 1.807) is 16.8 Å². The molecule has 0 spiro atoms. The number of nitrogens with zero attached hydrogens (tertiary/aromatic N) is 2. The van der Waals surface area contributed by atoms with Crippen LogP contribution in [0, 0.1) is 0 Å². The van der Waals surface area contributed by atoms with Crippen LogP contribution in [-0.4, -0.2) is 21.1 Å². The first kappa shape index (κ1) is 24.7. The lowest BCUT2D eigenvalue weighted by atomic mass is 10.3. The van der Waals surface area contributed by atoms with Crippen LogP contribution >= 0.6 is 15.9 Å². The number of H-pyrrole nitrogens is 1. The summed E-state index contributed by atoms with van der Waals surface area (Å²) in [6.07, 6.45) is 1.80. The summed E-state index contributed by atoms with van der Waals surface area (Å²) in [7, 11) is 0. The van der Waals surface area contributed by atoms with Crippen molar-refractivity contribution in [3.8, 4) is 5.75 Å². The van der Waals surface area contributed by atoms with Crippen molar-refractivity contribution in [3.05, 3.63) is 51.4 Å². The Morgan fingerprint density at radius 1 is 1.07 bits per heavy atom. The van der Waals surface area contributed by atoms with Gasteiger partial charge in [0.15, 0.2) is 0 Å². The van der Waals surface area contributed by atoms with Gasteiger partial charge in [0.2, 0.25) is 5.95 Å². The lowest BCUT2D eigenvalue weighted by molar-refractivity contribution is 0.300. The number of aromatic nitrogens is 3. The third kappa shape index (κ3) is 7.46. The van der Waals surface area contributed by atoms with Gasteiger partial charge in [-0.05, 0) is 30.3 Å². The van der Waals surface area contributed by atoms with Crippen molar-refractivity contribution in [1.82, 2.24) is 14.5 Å². The third-order valence-corrected chi connectivity index (χ3v) is 3.58. The Morgan fingerprint density at radius 3 is 2.26 bits per heavy atom. The topological polar surface area (TPSA) is 85.9 Å². The Bertz CT molecular complexity index is 826. The second-order valence-electron chi connectivity index (χ2n) is 4.50. The molecule has 3 rings (SSSR count). The molecule has 0 atom stereocenters. The molecule has 0 aliphatic carbocycles. The van der Waals surface area contributed by atoms with Crippen LogP contribution in [0.25, 0.3) is 11.0 Å². The summed E-state index contributed by atoms with van der Waals surface area (Å²) in [5.74, 6) is 0.905. The molecule has 150 valence electrons. The predicted octanol–water partition coefficient (Wildman–Crippen LogP) is 5.23. The van der Waals surface area contributed by atoms with Gasteiger partial charge in [-0.1, -0.05) is 57.5 Å². The summed E-state index contributed by atoms with van der Waals surface area (Å²) in [5, 5.41) is 0. The molecular weight excluding hydrogens is 408 g/mol. The van der Waals surface area contributed by atoms with Crippen molar-refractivity contribution in [1.29, 1.82) is 0 Å². The summed E-state index contributed by atoms with van der Waals surface area (Å²) in [6.45, 7) is 13.0. The SMILES string of the molecule is CC.CC.CC.Nc1nc2ccn(CCOc3ccc(Br)cc3)c2c(=O)[nH]1. The standard InChI is InChI=1S/C14H13BrN4O2.3C2H6/c15-9-1-3-10(4-2-9)21-8-7-19-6-5-11-12(19)13(20)18-14(16)17-11;3*1-2/h1-6H,7-8H2,(H3,16,17,18,20);3*1-2H3. The molecule has 0 amide bonds. The van der Waals surface area contributed by atoms with Crippen molar-refractivity contribution in [2.24, 2.45) is 0 Å². The van der Waals surface area contributed by atoms with Gasteiger partial charge in [0.25, 0.3) is 5.56 Å². The van der Waals surface area contributed by atoms with E-state index in [1.807, 2.05) is 65.8 Å². The van der Waals surface area contributed by atoms with Crippen molar-refractivity contribution in [2.75, 3.05) is 12.3 Å². The zero-order valence-corrected chi connectivity index (χ0v) is 18.6. The highest BCUT2D eigenvalue weighted by molar-refractivity contribution is 9.10. The van der Waals surface area contributed by atoms with Crippen molar-refractivity contribution in [3.63, 3.8) is 0 Å². The lowest BCUT2D eigenvalue weighted by Crippen LogP contribution is -2.16. The maximum Gasteiger partial charge on any atom is 0.276 e. The fourth-order valence-corrected chi connectivity index (χ4v) is 2.37. The highest BCUT2D eigenvalue weighted by Crippen LogP contribution is 2.16. The van der Waals surface area contributed by atoms with Crippen LogP contribution in [-0.2, 0) is 6.54 Å². The third-order valence-electron chi connectivity index (χ3n) is 3.05. The number of halogens is 1. The molecule has 7 heteroatoms. The lowest BCUT2D eigenvalue weighted by Gasteiger charge is -2.08. The molecule has 0 unspecified atom stereocenters. The Balaban J connectivity index is 0.00000103. The molecule has 3 aromatic rings. The first-order chi connectivity index (χ1) is 13.1. The molecular formula is C20H31BrN4O2. The van der Waals surface area contributed by atoms with E-state index in [-0.39, 0.29) is 11.5 Å². The molecule has 2 aromatic heterocycles. The quantitative estimate of drug-likeness (QED) is 0.583. The van der Waals surface area contributed by atoms with Gasteiger partial charge in [-0.3, -0.25) is 9.78 Å². The molecule has 0 bridgehead atoms. The number of ether oxygens (including phenoxy) is 1. The first-order valence-corrected chi connectivity index (χ1v) is 10.2. The predicted molar refractivity (Wildman–Crippen MR) is 118 cm³/mol. The molecule has 0 aliphatic heterocycles. The molecule has 2 heterocycles. The number of nitrogens with one attached hydrogen (secondary N) is 1. The zero-order valence-electron chi connectivity index (χ0n) is 17.0. The van der Waals surface area contributed by atoms with Crippen LogP contribution in [0.1, 0.15) is 41.5 Å². The highest BCUT2D eigenvalue weighted by Gasteiger charge is 2.07. The van der Waals surface area contributed by atoms with Crippen molar-refractivity contribution >= 4 is 32.9 Å². The summed E-state index contributed by atoms with van der Waals surface area (Å²) < 4.78 is 8.45. The summed E-state index contributed by atoms with van der Waals surface area (Å²) >= 11 is 3.37. The number of fused-ring (bicyclic) bond motifs is 1. The first-order valence-electron chi connectivity index (χ1n) is 9.36. The molecule has 0 aliphatic rings. The van der Waals surface area contributed by atoms with Crippen LogP contribution < -0.4 is 16.0 Å². The molecule has 6 nitrogen and oxygen atoms in total. The zero-order chi connectivity index (χ0) is 20.8. The van der Waals surface area contributed by atoms with Gasteiger partial charge >= 0.3 is 0 Å². The van der Waals surface area contributed by atoms with E-state index in [2.05, 4.69) is 25.9 Å². The maximum atomic E-state index is 11.9. The minimum Gasteiger partial charge on any atom is -0.492 e. The summed E-state index contributed by atoms with van der Waals surface area (Å²) in [6, 6.07) is 9.36. The van der Waals surface area contributed by atoms with Crippen LogP contribution in [0.5, 0.6) is 5.75 Å². The largest absolute Gasteiger partial charge is 0.492 e. The number of hydrogen-bond donors (Lipinski definition) is 2. The highest BCUT2D eigenvalue weighted by atomic mass is 79.9. The summed E-state index contributed by atoms with van der Waals surface area (Å²) in [5.41, 5.74) is 6.36. The van der Waals surface area contributed by atoms with Crippen LogP contribution in [0.2, 0.25) is 0 Å². The number of hydrogen-bond acceptors (Lipinski definition) is 4. The average molecular weight is 439 g/mol. The average Bonchev–Trinajstić information content (AvgIpc) is 3.11. The second kappa shape index (κ2) is 13.9. The van der Waals surface area contributed by atoms with Crippen molar-refractivity contribution < 1.29 is 4.74 Å². The Labute approximate surface area is 169 Å². The number of benzene rings is 1. The monoisotopic (exact) mass is 438 g/mol. The molecule has 0 saturated heterocycles. The number of aromatic amines is 1. The molecule has 0 radical (unpaired) electrons. The fourth-order valence-electron chi connectivity index (χ4n) is 2.11. The van der Waals surface area contributed by atoms with Gasteiger partial charge in [0.1, 0.15) is 17.9 Å². The smallest absolute Gasteiger partial charge is 0.276 e. The van der Waals surface area contributed by atoms with E-state index in [0.29, 0.717) is 24.2 Å². The van der Waals surface area contributed by atoms with Gasteiger partial charge < -0.3 is 15.0 Å². The van der Waals surface area contributed by atoms with E-state index >= 15 is 0 Å². The summed E-state index contributed by atoms with van der Waals surface area (Å²) in [4.78, 5) is 18.5. The van der Waals surface area contributed by atoms with Gasteiger partial charge in [-0.2, -0.15) is 0 Å². The fraction of sp³-hybridized carbons (Fsp3) is 0.400. The molecule has 27 heavy (non-hydrogen) atoms. The van der Waals surface area contributed by atoms with Crippen LogP contribution in [0.15, 0.2) is 45.8 Å². The van der Waals surface area contributed by atoms with Gasteiger partial charge in [-0.15, -0.1) is 0 Å². The molecule has 0 saturated carbocycles. The Hall–Kier alpha value is -2.28. The van der Waals surface area contributed by atoms with E-state index in [4.69, 9.17) is 10.5 Å².